The first-order valence-electron chi connectivity index (χ1n) is 7.22. The minimum atomic E-state index is -5.02. The van der Waals surface area contributed by atoms with E-state index >= 15 is 0 Å². The Kier molecular flexibility index (Phi) is 4.90. The van der Waals surface area contributed by atoms with Gasteiger partial charge in [0.25, 0.3) is 0 Å². The van der Waals surface area contributed by atoms with Crippen LogP contribution in [-0.4, -0.2) is 18.4 Å². The van der Waals surface area contributed by atoms with Gasteiger partial charge in [-0.15, -0.1) is 0 Å². The van der Waals surface area contributed by atoms with E-state index in [4.69, 9.17) is 4.74 Å². The molecule has 0 saturated carbocycles. The highest BCUT2D eigenvalue weighted by Gasteiger charge is 2.09. The van der Waals surface area contributed by atoms with Crippen molar-refractivity contribution in [3.63, 3.8) is 0 Å². The third-order valence-electron chi connectivity index (χ3n) is 3.24. The van der Waals surface area contributed by atoms with Gasteiger partial charge in [0.05, 0.1) is 11.9 Å². The molecule has 1 heterocycles. The molecule has 1 aromatic heterocycles. The summed E-state index contributed by atoms with van der Waals surface area (Å²) < 4.78 is 42.9. The van der Waals surface area contributed by atoms with Crippen molar-refractivity contribution in [2.75, 3.05) is 0 Å². The highest BCUT2D eigenvalue weighted by molar-refractivity contribution is 7.81. The molecule has 3 aromatic rings. The minimum Gasteiger partial charge on any atom is -0.489 e. The lowest BCUT2D eigenvalue weighted by Crippen LogP contribution is -2.01. The molecule has 0 atom stereocenters. The molecule has 3 rings (SSSR count). The molecule has 0 unspecified atom stereocenters. The van der Waals surface area contributed by atoms with E-state index in [2.05, 4.69) is 14.2 Å². The van der Waals surface area contributed by atoms with Crippen molar-refractivity contribution in [2.45, 2.75) is 6.61 Å². The Morgan fingerprint density at radius 3 is 2.20 bits per heavy atom. The van der Waals surface area contributed by atoms with Gasteiger partial charge in [-0.1, -0.05) is 28.2 Å². The summed E-state index contributed by atoms with van der Waals surface area (Å²) >= 11 is 0. The summed E-state index contributed by atoms with van der Waals surface area (Å²) in [6, 6.07) is 13.3. The van der Waals surface area contributed by atoms with E-state index in [1.807, 2.05) is 24.3 Å². The second-order valence-corrected chi connectivity index (χ2v) is 5.98. The van der Waals surface area contributed by atoms with Crippen LogP contribution >= 0.6 is 0 Å². The third kappa shape index (κ3) is 4.98. The fraction of sp³-hybridized carbons (Fsp3) is 0.0588. The van der Waals surface area contributed by atoms with E-state index in [9.17, 15) is 12.3 Å². The number of hydrogen-bond donors (Lipinski definition) is 0. The van der Waals surface area contributed by atoms with E-state index in [0.29, 0.717) is 12.4 Å². The molecule has 128 valence electrons. The fourth-order valence-corrected chi connectivity index (χ4v) is 2.43. The van der Waals surface area contributed by atoms with Gasteiger partial charge in [-0.2, -0.15) is 8.42 Å². The second kappa shape index (κ2) is 7.27. The maximum absolute atomic E-state index is 12.4. The Labute approximate surface area is 144 Å². The lowest BCUT2D eigenvalue weighted by molar-refractivity contribution is 0.306. The maximum Gasteiger partial charge on any atom is 0.488 e. The average molecular weight is 360 g/mol. The zero-order valence-corrected chi connectivity index (χ0v) is 13.7. The SMILES string of the molecule is O=S(=O)(F)Oc1ccc(OCc2ccc(-c3cnccn3)cc2)cc1. The lowest BCUT2D eigenvalue weighted by atomic mass is 10.1. The number of nitrogens with zero attached hydrogens (tertiary/aromatic N) is 2. The first kappa shape index (κ1) is 16.8. The third-order valence-corrected chi connectivity index (χ3v) is 3.63. The summed E-state index contributed by atoms with van der Waals surface area (Å²) in [7, 11) is -5.02. The fourth-order valence-electron chi connectivity index (χ4n) is 2.09. The molecule has 2 aromatic carbocycles. The van der Waals surface area contributed by atoms with Gasteiger partial charge in [0, 0.05) is 18.0 Å². The van der Waals surface area contributed by atoms with E-state index in [1.54, 1.807) is 18.6 Å². The number of hydrogen-bond acceptors (Lipinski definition) is 6. The van der Waals surface area contributed by atoms with Crippen molar-refractivity contribution in [3.05, 3.63) is 72.7 Å². The van der Waals surface area contributed by atoms with E-state index < -0.39 is 10.5 Å². The molecule has 0 aliphatic carbocycles. The van der Waals surface area contributed by atoms with Crippen molar-refractivity contribution in [3.8, 4) is 22.8 Å². The first-order chi connectivity index (χ1) is 12.0. The van der Waals surface area contributed by atoms with Crippen LogP contribution in [0.4, 0.5) is 3.89 Å². The zero-order valence-electron chi connectivity index (χ0n) is 12.9. The molecule has 0 aliphatic rings. The molecule has 0 saturated heterocycles. The molecular formula is C17H13FN2O4S. The van der Waals surface area contributed by atoms with Crippen LogP contribution in [0, 0.1) is 0 Å². The Balaban J connectivity index is 1.60. The van der Waals surface area contributed by atoms with Gasteiger partial charge in [-0.3, -0.25) is 9.97 Å². The van der Waals surface area contributed by atoms with Gasteiger partial charge in [-0.05, 0) is 29.8 Å². The largest absolute Gasteiger partial charge is 0.489 e. The molecular weight excluding hydrogens is 347 g/mol. The Morgan fingerprint density at radius 2 is 1.60 bits per heavy atom. The molecule has 0 radical (unpaired) electrons. The van der Waals surface area contributed by atoms with Crippen LogP contribution in [0.1, 0.15) is 5.56 Å². The predicted octanol–water partition coefficient (Wildman–Crippen LogP) is 3.32. The number of benzene rings is 2. The molecule has 0 amide bonds. The van der Waals surface area contributed by atoms with Crippen LogP contribution in [0.3, 0.4) is 0 Å². The van der Waals surface area contributed by atoms with Crippen molar-refractivity contribution < 1.29 is 21.2 Å². The summed E-state index contributed by atoms with van der Waals surface area (Å²) in [6.07, 6.45) is 4.94. The second-order valence-electron chi connectivity index (χ2n) is 5.02. The topological polar surface area (TPSA) is 78.4 Å². The molecule has 8 heteroatoms. The number of halogens is 1. The molecule has 0 aliphatic heterocycles. The predicted molar refractivity (Wildman–Crippen MR) is 88.9 cm³/mol. The molecule has 0 bridgehead atoms. The van der Waals surface area contributed by atoms with Gasteiger partial charge in [0.15, 0.2) is 0 Å². The summed E-state index contributed by atoms with van der Waals surface area (Å²) in [5.74, 6) is 0.379. The van der Waals surface area contributed by atoms with Gasteiger partial charge < -0.3 is 8.92 Å². The highest BCUT2D eigenvalue weighted by Crippen LogP contribution is 2.21. The van der Waals surface area contributed by atoms with Gasteiger partial charge in [0.2, 0.25) is 0 Å². The zero-order chi connectivity index (χ0) is 17.7. The van der Waals surface area contributed by atoms with Crippen LogP contribution in [0.5, 0.6) is 11.5 Å². The van der Waals surface area contributed by atoms with Crippen LogP contribution < -0.4 is 8.92 Å². The quantitative estimate of drug-likeness (QED) is 0.628. The van der Waals surface area contributed by atoms with E-state index in [0.717, 1.165) is 16.8 Å². The van der Waals surface area contributed by atoms with Crippen molar-refractivity contribution in [1.29, 1.82) is 0 Å². The van der Waals surface area contributed by atoms with Crippen LogP contribution in [0.2, 0.25) is 0 Å². The summed E-state index contributed by atoms with van der Waals surface area (Å²) in [4.78, 5) is 8.26. The smallest absolute Gasteiger partial charge is 0.488 e. The molecule has 0 fully saturated rings. The van der Waals surface area contributed by atoms with E-state index in [-0.39, 0.29) is 5.75 Å². The normalized spacial score (nSPS) is 11.1. The van der Waals surface area contributed by atoms with Gasteiger partial charge in [0.1, 0.15) is 18.1 Å². The Bertz CT molecular complexity index is 931. The van der Waals surface area contributed by atoms with Gasteiger partial charge >= 0.3 is 10.5 Å². The molecule has 6 nitrogen and oxygen atoms in total. The van der Waals surface area contributed by atoms with Crippen LogP contribution in [0.25, 0.3) is 11.3 Å². The average Bonchev–Trinajstić information content (AvgIpc) is 2.61. The molecule has 25 heavy (non-hydrogen) atoms. The van der Waals surface area contributed by atoms with Crippen molar-refractivity contribution >= 4 is 10.5 Å². The standard InChI is InChI=1S/C17H13FN2O4S/c18-25(21,22)24-16-7-5-15(6-8-16)23-12-13-1-3-14(4-2-13)17-11-19-9-10-20-17/h1-11H,12H2. The summed E-state index contributed by atoms with van der Waals surface area (Å²) in [5, 5.41) is 0. The number of aromatic nitrogens is 2. The molecule has 0 spiro atoms. The monoisotopic (exact) mass is 360 g/mol. The summed E-state index contributed by atoms with van der Waals surface area (Å²) in [5.41, 5.74) is 2.68. The number of rotatable bonds is 6. The highest BCUT2D eigenvalue weighted by atomic mass is 32.3. The Morgan fingerprint density at radius 1 is 0.920 bits per heavy atom. The van der Waals surface area contributed by atoms with E-state index in [1.165, 1.54) is 24.3 Å². The number of ether oxygens (including phenoxy) is 1. The van der Waals surface area contributed by atoms with Crippen LogP contribution in [0.15, 0.2) is 67.1 Å². The van der Waals surface area contributed by atoms with Crippen molar-refractivity contribution in [2.24, 2.45) is 0 Å². The summed E-state index contributed by atoms with van der Waals surface area (Å²) in [6.45, 7) is 0.322. The van der Waals surface area contributed by atoms with Gasteiger partial charge in [-0.25, -0.2) is 0 Å². The maximum atomic E-state index is 12.4. The van der Waals surface area contributed by atoms with Crippen molar-refractivity contribution in [1.82, 2.24) is 9.97 Å². The Hall–Kier alpha value is -3.00. The first-order valence-corrected chi connectivity index (χ1v) is 8.53. The molecule has 0 N–H and O–H groups in total. The lowest BCUT2D eigenvalue weighted by Gasteiger charge is -2.08. The van der Waals surface area contributed by atoms with Crippen LogP contribution in [-0.2, 0) is 17.1 Å². The minimum absolute atomic E-state index is 0.122.